The van der Waals surface area contributed by atoms with Crippen molar-refractivity contribution in [1.82, 2.24) is 15.0 Å². The van der Waals surface area contributed by atoms with Crippen molar-refractivity contribution in [1.29, 1.82) is 0 Å². The molecule has 0 unspecified atom stereocenters. The number of rotatable bonds is 9. The lowest BCUT2D eigenvalue weighted by Crippen LogP contribution is -2.24. The highest BCUT2D eigenvalue weighted by Crippen LogP contribution is 2.25. The Hall–Kier alpha value is -3.56. The second-order valence-corrected chi connectivity index (χ2v) is 6.99. The van der Waals surface area contributed by atoms with Gasteiger partial charge in [0.15, 0.2) is 11.5 Å². The fourth-order valence-corrected chi connectivity index (χ4v) is 3.06. The first-order chi connectivity index (χ1) is 15.0. The topological polar surface area (TPSA) is 132 Å². The van der Waals surface area contributed by atoms with Crippen LogP contribution in [-0.4, -0.2) is 54.7 Å². The molecule has 2 heterocycles. The molecule has 0 aliphatic rings. The number of aromatic nitrogens is 3. The minimum Gasteiger partial charge on any atom is -0.383 e. The molecule has 2 aromatic heterocycles. The van der Waals surface area contributed by atoms with Gasteiger partial charge < -0.3 is 26.4 Å². The highest BCUT2D eigenvalue weighted by atomic mass is 16.5. The zero-order valence-corrected chi connectivity index (χ0v) is 17.7. The van der Waals surface area contributed by atoms with E-state index in [1.807, 2.05) is 42.3 Å². The predicted molar refractivity (Wildman–Crippen MR) is 122 cm³/mol. The van der Waals surface area contributed by atoms with Crippen molar-refractivity contribution < 1.29 is 9.53 Å². The number of nitrogens with two attached hydrogens (primary N) is 2. The molecule has 0 radical (unpaired) electrons. The summed E-state index contributed by atoms with van der Waals surface area (Å²) in [4.78, 5) is 27.7. The minimum absolute atomic E-state index is 0.0536. The van der Waals surface area contributed by atoms with E-state index in [1.165, 1.54) is 0 Å². The van der Waals surface area contributed by atoms with Gasteiger partial charge in [0.05, 0.1) is 36.1 Å². The van der Waals surface area contributed by atoms with Crippen LogP contribution < -0.4 is 21.7 Å². The van der Waals surface area contributed by atoms with Crippen molar-refractivity contribution in [3.63, 3.8) is 0 Å². The second-order valence-electron chi connectivity index (χ2n) is 6.99. The number of nitrogens with one attached hydrogen (secondary N) is 1. The lowest BCUT2D eigenvalue weighted by atomic mass is 10.1. The lowest BCUT2D eigenvalue weighted by molar-refractivity contribution is 0.102. The number of benzene rings is 1. The van der Waals surface area contributed by atoms with Gasteiger partial charge in [0.2, 0.25) is 0 Å². The van der Waals surface area contributed by atoms with E-state index in [0.29, 0.717) is 31.1 Å². The Kier molecular flexibility index (Phi) is 7.47. The third-order valence-corrected chi connectivity index (χ3v) is 4.79. The zero-order chi connectivity index (χ0) is 22.2. The molecule has 162 valence electrons. The summed E-state index contributed by atoms with van der Waals surface area (Å²) < 4.78 is 5.13. The Morgan fingerprint density at radius 3 is 2.68 bits per heavy atom. The Bertz CT molecular complexity index is 1020. The van der Waals surface area contributed by atoms with Crippen LogP contribution in [0.1, 0.15) is 16.1 Å². The number of ether oxygens (including phenoxy) is 1. The number of likely N-dealkylation sites (N-methyl/N-ethyl adjacent to an activating group) is 1. The Labute approximate surface area is 181 Å². The van der Waals surface area contributed by atoms with Crippen molar-refractivity contribution in [3.8, 4) is 11.3 Å². The first-order valence-electron chi connectivity index (χ1n) is 9.90. The summed E-state index contributed by atoms with van der Waals surface area (Å²) in [6.45, 7) is 1.79. The van der Waals surface area contributed by atoms with E-state index in [0.717, 1.165) is 23.2 Å². The fraction of sp³-hybridized carbons (Fsp3) is 0.273. The second kappa shape index (κ2) is 10.5. The number of carbonyl (C=O) groups is 1. The van der Waals surface area contributed by atoms with Crippen LogP contribution >= 0.6 is 0 Å². The van der Waals surface area contributed by atoms with Gasteiger partial charge in [-0.25, -0.2) is 9.97 Å². The van der Waals surface area contributed by atoms with Crippen molar-refractivity contribution in [3.05, 3.63) is 60.2 Å². The van der Waals surface area contributed by atoms with Gasteiger partial charge in [0, 0.05) is 32.5 Å². The molecule has 3 rings (SSSR count). The number of anilines is 3. The lowest BCUT2D eigenvalue weighted by Gasteiger charge is -2.21. The van der Waals surface area contributed by atoms with Crippen LogP contribution in [0.2, 0.25) is 0 Å². The molecule has 3 aromatic rings. The molecule has 9 heteroatoms. The number of pyridine rings is 1. The molecule has 5 N–H and O–H groups in total. The molecule has 0 spiro atoms. The number of methoxy groups -OCH3 is 1. The maximum Gasteiger partial charge on any atom is 0.278 e. The Morgan fingerprint density at radius 1 is 1.19 bits per heavy atom. The Balaban J connectivity index is 1.84. The van der Waals surface area contributed by atoms with Crippen LogP contribution in [0.3, 0.4) is 0 Å². The first kappa shape index (κ1) is 22.1. The van der Waals surface area contributed by atoms with Crippen LogP contribution in [0.15, 0.2) is 48.9 Å². The highest BCUT2D eigenvalue weighted by Gasteiger charge is 2.17. The van der Waals surface area contributed by atoms with Crippen LogP contribution in [-0.2, 0) is 11.2 Å². The summed E-state index contributed by atoms with van der Waals surface area (Å²) in [5.74, 6) is -0.403. The Morgan fingerprint density at radius 2 is 1.97 bits per heavy atom. The normalized spacial score (nSPS) is 10.7. The molecule has 0 saturated heterocycles. The zero-order valence-electron chi connectivity index (χ0n) is 17.7. The van der Waals surface area contributed by atoms with Crippen molar-refractivity contribution in [2.45, 2.75) is 6.42 Å². The van der Waals surface area contributed by atoms with Crippen LogP contribution in [0.5, 0.6) is 0 Å². The molecular weight excluding hydrogens is 394 g/mol. The van der Waals surface area contributed by atoms with Crippen LogP contribution in [0.4, 0.5) is 17.2 Å². The van der Waals surface area contributed by atoms with E-state index in [4.69, 9.17) is 16.2 Å². The molecule has 0 aliphatic heterocycles. The van der Waals surface area contributed by atoms with E-state index in [-0.39, 0.29) is 11.5 Å². The van der Waals surface area contributed by atoms with Gasteiger partial charge in [-0.15, -0.1) is 0 Å². The van der Waals surface area contributed by atoms with Crippen LogP contribution in [0, 0.1) is 0 Å². The van der Waals surface area contributed by atoms with Gasteiger partial charge in [0.25, 0.3) is 5.91 Å². The fourth-order valence-electron chi connectivity index (χ4n) is 3.06. The summed E-state index contributed by atoms with van der Waals surface area (Å²) in [5.41, 5.74) is 15.5. The van der Waals surface area contributed by atoms with Gasteiger partial charge in [-0.2, -0.15) is 0 Å². The maximum atomic E-state index is 13.0. The third-order valence-electron chi connectivity index (χ3n) is 4.79. The third kappa shape index (κ3) is 5.53. The largest absolute Gasteiger partial charge is 0.383 e. The van der Waals surface area contributed by atoms with Gasteiger partial charge in [-0.3, -0.25) is 9.78 Å². The van der Waals surface area contributed by atoms with Crippen molar-refractivity contribution >= 4 is 23.1 Å². The molecule has 1 amide bonds. The van der Waals surface area contributed by atoms with E-state index in [1.54, 1.807) is 25.7 Å². The molecule has 0 bridgehead atoms. The average Bonchev–Trinajstić information content (AvgIpc) is 2.79. The number of amides is 1. The van der Waals surface area contributed by atoms with Crippen molar-refractivity contribution in [2.75, 3.05) is 49.8 Å². The van der Waals surface area contributed by atoms with E-state index < -0.39 is 5.91 Å². The molecule has 0 aliphatic carbocycles. The summed E-state index contributed by atoms with van der Waals surface area (Å²) >= 11 is 0. The summed E-state index contributed by atoms with van der Waals surface area (Å²) in [6.07, 6.45) is 5.60. The molecule has 31 heavy (non-hydrogen) atoms. The number of nitrogens with zero attached hydrogens (tertiary/aromatic N) is 4. The summed E-state index contributed by atoms with van der Waals surface area (Å²) in [6, 6.07) is 9.64. The van der Waals surface area contributed by atoms with Gasteiger partial charge in [-0.05, 0) is 24.6 Å². The van der Waals surface area contributed by atoms with Crippen molar-refractivity contribution in [2.24, 2.45) is 5.73 Å². The first-order valence-corrected chi connectivity index (χ1v) is 9.90. The molecule has 1 aromatic carbocycles. The predicted octanol–water partition coefficient (Wildman–Crippen LogP) is 1.96. The average molecular weight is 422 g/mol. The molecule has 9 nitrogen and oxygen atoms in total. The summed E-state index contributed by atoms with van der Waals surface area (Å²) in [5, 5.41) is 2.85. The molecule has 0 atom stereocenters. The van der Waals surface area contributed by atoms with Gasteiger partial charge in [-0.1, -0.05) is 24.3 Å². The van der Waals surface area contributed by atoms with E-state index in [9.17, 15) is 4.79 Å². The molecular formula is C22H27N7O2. The number of nitrogen functional groups attached to an aromatic ring is 1. The molecule has 0 saturated carbocycles. The number of hydrogen-bond donors (Lipinski definition) is 3. The standard InChI is InChI=1S/C22H27N7O2/c1-29(11-12-31-2)19-8-10-25-13-18(19)28-22(30)20-21(24)26-14-17(27-20)16-5-3-15(4-6-16)7-9-23/h3-6,8,10,13-14H,7,9,11-12,23H2,1-2H3,(H2,24,26)(H,28,30). The number of carbonyl (C=O) groups excluding carboxylic acids is 1. The van der Waals surface area contributed by atoms with Gasteiger partial charge in [0.1, 0.15) is 0 Å². The number of hydrogen-bond acceptors (Lipinski definition) is 8. The minimum atomic E-state index is -0.457. The SMILES string of the molecule is COCCN(C)c1ccncc1NC(=O)c1nc(-c2ccc(CCN)cc2)cnc1N. The quantitative estimate of drug-likeness (QED) is 0.478. The van der Waals surface area contributed by atoms with Crippen LogP contribution in [0.25, 0.3) is 11.3 Å². The highest BCUT2D eigenvalue weighted by molar-refractivity contribution is 6.07. The van der Waals surface area contributed by atoms with Gasteiger partial charge >= 0.3 is 0 Å². The molecule has 0 fully saturated rings. The maximum absolute atomic E-state index is 13.0. The van der Waals surface area contributed by atoms with E-state index in [2.05, 4.69) is 20.3 Å². The monoisotopic (exact) mass is 421 g/mol. The summed E-state index contributed by atoms with van der Waals surface area (Å²) in [7, 11) is 3.55. The smallest absolute Gasteiger partial charge is 0.278 e. The van der Waals surface area contributed by atoms with E-state index >= 15 is 0 Å².